The molecule has 5 nitrogen and oxygen atoms in total. The molecule has 0 spiro atoms. The van der Waals surface area contributed by atoms with Gasteiger partial charge >= 0.3 is 0 Å². The summed E-state index contributed by atoms with van der Waals surface area (Å²) in [7, 11) is 0. The van der Waals surface area contributed by atoms with Crippen LogP contribution in [0.5, 0.6) is 0 Å². The van der Waals surface area contributed by atoms with Crippen LogP contribution in [0.4, 0.5) is 0 Å². The first-order valence-electron chi connectivity index (χ1n) is 5.35. The van der Waals surface area contributed by atoms with E-state index in [9.17, 15) is 9.59 Å². The van der Waals surface area contributed by atoms with Crippen LogP contribution in [0.25, 0.3) is 0 Å². The number of nitrogens with one attached hydrogen (secondary N) is 1. The summed E-state index contributed by atoms with van der Waals surface area (Å²) in [5, 5.41) is 2.27. The zero-order chi connectivity index (χ0) is 11.8. The Morgan fingerprint density at radius 1 is 1.25 bits per heavy atom. The number of amides is 2. The molecule has 2 amide bonds. The molecule has 0 aromatic heterocycles. The average Bonchev–Trinajstić information content (AvgIpc) is 2.73. The van der Waals surface area contributed by atoms with E-state index in [1.165, 1.54) is 0 Å². The summed E-state index contributed by atoms with van der Waals surface area (Å²) in [6.45, 7) is 4.68. The van der Waals surface area contributed by atoms with E-state index in [4.69, 9.17) is 9.47 Å². The third kappa shape index (κ3) is 2.01. The molecule has 0 aromatic carbocycles. The van der Waals surface area contributed by atoms with Crippen molar-refractivity contribution in [2.45, 2.75) is 32.5 Å². The SMILES string of the molecule is CC1=C(CCC2(C)OCCO2)C(=O)NC1=O. The molecule has 0 bridgehead atoms. The maximum atomic E-state index is 11.4. The van der Waals surface area contributed by atoms with Gasteiger partial charge in [0.15, 0.2) is 5.79 Å². The molecule has 0 unspecified atom stereocenters. The van der Waals surface area contributed by atoms with Gasteiger partial charge in [0.05, 0.1) is 13.2 Å². The number of carbonyl (C=O) groups is 2. The van der Waals surface area contributed by atoms with Crippen molar-refractivity contribution < 1.29 is 19.1 Å². The molecule has 2 aliphatic heterocycles. The maximum absolute atomic E-state index is 11.4. The molecular formula is C11H15NO4. The minimum atomic E-state index is -0.612. The molecule has 1 saturated heterocycles. The molecule has 0 aliphatic carbocycles. The molecule has 5 heteroatoms. The first-order valence-corrected chi connectivity index (χ1v) is 5.35. The van der Waals surface area contributed by atoms with Gasteiger partial charge in [-0.1, -0.05) is 0 Å². The number of rotatable bonds is 3. The number of ether oxygens (including phenoxy) is 2. The Bertz CT molecular complexity index is 366. The van der Waals surface area contributed by atoms with Crippen molar-refractivity contribution in [1.29, 1.82) is 0 Å². The monoisotopic (exact) mass is 225 g/mol. The Morgan fingerprint density at radius 3 is 2.38 bits per heavy atom. The highest BCUT2D eigenvalue weighted by atomic mass is 16.7. The molecule has 0 aromatic rings. The second-order valence-electron chi connectivity index (χ2n) is 4.22. The minimum absolute atomic E-state index is 0.288. The highest BCUT2D eigenvalue weighted by Gasteiger charge is 2.33. The maximum Gasteiger partial charge on any atom is 0.254 e. The minimum Gasteiger partial charge on any atom is -0.348 e. The molecule has 0 atom stereocenters. The van der Waals surface area contributed by atoms with E-state index >= 15 is 0 Å². The number of carbonyl (C=O) groups excluding carboxylic acids is 2. The number of imide groups is 1. The van der Waals surface area contributed by atoms with Gasteiger partial charge in [0.2, 0.25) is 0 Å². The second kappa shape index (κ2) is 3.99. The summed E-state index contributed by atoms with van der Waals surface area (Å²) in [4.78, 5) is 22.7. The highest BCUT2D eigenvalue weighted by Crippen LogP contribution is 2.28. The Labute approximate surface area is 93.8 Å². The first-order chi connectivity index (χ1) is 7.52. The van der Waals surface area contributed by atoms with Gasteiger partial charge in [-0.25, -0.2) is 0 Å². The Morgan fingerprint density at radius 2 is 1.88 bits per heavy atom. The fraction of sp³-hybridized carbons (Fsp3) is 0.636. The van der Waals surface area contributed by atoms with Crippen LogP contribution in [0.2, 0.25) is 0 Å². The van der Waals surface area contributed by atoms with Crippen molar-refractivity contribution >= 4 is 11.8 Å². The normalized spacial score (nSPS) is 24.1. The zero-order valence-corrected chi connectivity index (χ0v) is 9.46. The predicted molar refractivity (Wildman–Crippen MR) is 55.4 cm³/mol. The van der Waals surface area contributed by atoms with E-state index in [0.717, 1.165) is 0 Å². The van der Waals surface area contributed by atoms with E-state index in [1.54, 1.807) is 6.92 Å². The molecule has 2 rings (SSSR count). The van der Waals surface area contributed by atoms with Gasteiger partial charge in [0, 0.05) is 17.6 Å². The Hall–Kier alpha value is -1.20. The molecule has 88 valence electrons. The van der Waals surface area contributed by atoms with E-state index in [0.29, 0.717) is 37.2 Å². The standard InChI is InChI=1S/C11H15NO4/c1-7-8(10(14)12-9(7)13)3-4-11(2)15-5-6-16-11/h3-6H2,1-2H3,(H,12,13,14). The lowest BCUT2D eigenvalue weighted by Crippen LogP contribution is -2.27. The highest BCUT2D eigenvalue weighted by molar-refractivity contribution is 6.19. The summed E-state index contributed by atoms with van der Waals surface area (Å²) in [5.41, 5.74) is 1.05. The fourth-order valence-electron chi connectivity index (χ4n) is 1.93. The van der Waals surface area contributed by atoms with Crippen molar-refractivity contribution in [3.63, 3.8) is 0 Å². The lowest BCUT2D eigenvalue weighted by molar-refractivity contribution is -0.146. The third-order valence-corrected chi connectivity index (χ3v) is 3.02. The quantitative estimate of drug-likeness (QED) is 0.710. The summed E-state index contributed by atoms with van der Waals surface area (Å²) in [6, 6.07) is 0. The van der Waals surface area contributed by atoms with Crippen LogP contribution in [-0.2, 0) is 19.1 Å². The molecule has 1 N–H and O–H groups in total. The van der Waals surface area contributed by atoms with Crippen LogP contribution in [0.3, 0.4) is 0 Å². The van der Waals surface area contributed by atoms with Crippen LogP contribution >= 0.6 is 0 Å². The van der Waals surface area contributed by atoms with Gasteiger partial charge in [0.25, 0.3) is 11.8 Å². The van der Waals surface area contributed by atoms with Crippen LogP contribution in [0.1, 0.15) is 26.7 Å². The van der Waals surface area contributed by atoms with E-state index in [2.05, 4.69) is 5.32 Å². The first kappa shape index (κ1) is 11.3. The van der Waals surface area contributed by atoms with Crippen molar-refractivity contribution in [3.05, 3.63) is 11.1 Å². The van der Waals surface area contributed by atoms with Crippen molar-refractivity contribution in [2.24, 2.45) is 0 Å². The molecule has 2 aliphatic rings. The van der Waals surface area contributed by atoms with E-state index < -0.39 is 5.79 Å². The Balaban J connectivity index is 2.00. The van der Waals surface area contributed by atoms with E-state index in [-0.39, 0.29) is 11.8 Å². The summed E-state index contributed by atoms with van der Waals surface area (Å²) in [6.07, 6.45) is 1.08. The van der Waals surface area contributed by atoms with Crippen LogP contribution in [0, 0.1) is 0 Å². The summed E-state index contributed by atoms with van der Waals surface area (Å²) in [5.74, 6) is -1.19. The molecule has 0 saturated carbocycles. The average molecular weight is 225 g/mol. The van der Waals surface area contributed by atoms with Crippen molar-refractivity contribution in [2.75, 3.05) is 13.2 Å². The summed E-state index contributed by atoms with van der Waals surface area (Å²) >= 11 is 0. The van der Waals surface area contributed by atoms with Crippen LogP contribution in [0.15, 0.2) is 11.1 Å². The smallest absolute Gasteiger partial charge is 0.254 e. The van der Waals surface area contributed by atoms with Gasteiger partial charge in [0.1, 0.15) is 0 Å². The van der Waals surface area contributed by atoms with Gasteiger partial charge in [-0.3, -0.25) is 14.9 Å². The lowest BCUT2D eigenvalue weighted by atomic mass is 10.0. The Kier molecular flexibility index (Phi) is 2.82. The topological polar surface area (TPSA) is 64.6 Å². The van der Waals surface area contributed by atoms with Crippen molar-refractivity contribution in [1.82, 2.24) is 5.32 Å². The second-order valence-corrected chi connectivity index (χ2v) is 4.22. The number of hydrogen-bond acceptors (Lipinski definition) is 4. The zero-order valence-electron chi connectivity index (χ0n) is 9.46. The molecule has 1 fully saturated rings. The predicted octanol–water partition coefficient (Wildman–Crippen LogP) is 0.502. The van der Waals surface area contributed by atoms with Crippen LogP contribution < -0.4 is 5.32 Å². The molecule has 2 heterocycles. The van der Waals surface area contributed by atoms with Gasteiger partial charge in [-0.15, -0.1) is 0 Å². The summed E-state index contributed by atoms with van der Waals surface area (Å²) < 4.78 is 10.9. The molecule has 0 radical (unpaired) electrons. The van der Waals surface area contributed by atoms with E-state index in [1.807, 2.05) is 6.92 Å². The lowest BCUT2D eigenvalue weighted by Gasteiger charge is -2.21. The largest absolute Gasteiger partial charge is 0.348 e. The van der Waals surface area contributed by atoms with Gasteiger partial charge < -0.3 is 9.47 Å². The van der Waals surface area contributed by atoms with Crippen molar-refractivity contribution in [3.8, 4) is 0 Å². The van der Waals surface area contributed by atoms with Crippen LogP contribution in [-0.4, -0.2) is 30.8 Å². The molecule has 16 heavy (non-hydrogen) atoms. The van der Waals surface area contributed by atoms with Gasteiger partial charge in [-0.05, 0) is 20.3 Å². The van der Waals surface area contributed by atoms with Gasteiger partial charge in [-0.2, -0.15) is 0 Å². The number of hydrogen-bond donors (Lipinski definition) is 1. The molecular weight excluding hydrogens is 210 g/mol. The fourth-order valence-corrected chi connectivity index (χ4v) is 1.93. The third-order valence-electron chi connectivity index (χ3n) is 3.02.